The van der Waals surface area contributed by atoms with Crippen molar-refractivity contribution in [3.05, 3.63) is 59.8 Å². The van der Waals surface area contributed by atoms with Crippen molar-refractivity contribution in [2.24, 2.45) is 7.05 Å². The van der Waals surface area contributed by atoms with Gasteiger partial charge in [0.15, 0.2) is 0 Å². The van der Waals surface area contributed by atoms with Gasteiger partial charge in [-0.05, 0) is 48.9 Å². The van der Waals surface area contributed by atoms with E-state index in [9.17, 15) is 0 Å². The van der Waals surface area contributed by atoms with Gasteiger partial charge in [0.2, 0.25) is 0 Å². The summed E-state index contributed by atoms with van der Waals surface area (Å²) in [4.78, 5) is 0. The van der Waals surface area contributed by atoms with E-state index >= 15 is 0 Å². The number of benzene rings is 2. The molecule has 21 heavy (non-hydrogen) atoms. The molecule has 108 valence electrons. The lowest BCUT2D eigenvalue weighted by Gasteiger charge is -2.08. The molecule has 3 heteroatoms. The summed E-state index contributed by atoms with van der Waals surface area (Å²) in [6.45, 7) is 2.69. The third-order valence-corrected chi connectivity index (χ3v) is 3.85. The summed E-state index contributed by atoms with van der Waals surface area (Å²) in [7, 11) is 3.74. The van der Waals surface area contributed by atoms with E-state index in [2.05, 4.69) is 42.8 Å². The number of rotatable bonds is 4. The zero-order valence-corrected chi connectivity index (χ0v) is 12.6. The molecule has 0 unspecified atom stereocenters. The normalized spacial score (nSPS) is 10.8. The first-order valence-corrected chi connectivity index (χ1v) is 7.00. The Morgan fingerprint density at radius 1 is 1.00 bits per heavy atom. The average molecular weight is 281 g/mol. The highest BCUT2D eigenvalue weighted by Crippen LogP contribution is 2.24. The molecular weight excluding hydrogens is 262 g/mol. The quantitative estimate of drug-likeness (QED) is 0.719. The van der Waals surface area contributed by atoms with Crippen LogP contribution in [0.4, 0.5) is 0 Å². The molecule has 1 aromatic heterocycles. The molecule has 0 amide bonds. The molecule has 0 N–H and O–H groups in total. The van der Waals surface area contributed by atoms with Gasteiger partial charge in [0.1, 0.15) is 18.1 Å². The molecule has 2 aromatic carbocycles. The predicted molar refractivity (Wildman–Crippen MR) is 85.0 cm³/mol. The van der Waals surface area contributed by atoms with Gasteiger partial charge in [-0.3, -0.25) is 0 Å². The van der Waals surface area contributed by atoms with Crippen molar-refractivity contribution in [2.75, 3.05) is 7.11 Å². The number of hydrogen-bond acceptors (Lipinski definition) is 2. The summed E-state index contributed by atoms with van der Waals surface area (Å²) >= 11 is 0. The first-order valence-electron chi connectivity index (χ1n) is 7.00. The van der Waals surface area contributed by atoms with Crippen LogP contribution in [0.5, 0.6) is 11.5 Å². The van der Waals surface area contributed by atoms with Gasteiger partial charge < -0.3 is 14.0 Å². The van der Waals surface area contributed by atoms with Crippen LogP contribution in [-0.4, -0.2) is 11.7 Å². The summed E-state index contributed by atoms with van der Waals surface area (Å²) < 4.78 is 13.2. The largest absolute Gasteiger partial charge is 0.497 e. The van der Waals surface area contributed by atoms with Crippen LogP contribution in [0.15, 0.2) is 48.5 Å². The SMILES string of the molecule is COc1ccc(OCc2cc3c(C)cccc3n2C)cc1. The Balaban J connectivity index is 1.81. The van der Waals surface area contributed by atoms with Crippen molar-refractivity contribution in [1.29, 1.82) is 0 Å². The summed E-state index contributed by atoms with van der Waals surface area (Å²) in [5.74, 6) is 1.68. The number of methoxy groups -OCH3 is 1. The molecule has 0 atom stereocenters. The highest BCUT2D eigenvalue weighted by Gasteiger charge is 2.08. The van der Waals surface area contributed by atoms with Crippen molar-refractivity contribution in [2.45, 2.75) is 13.5 Å². The zero-order valence-electron chi connectivity index (χ0n) is 12.6. The van der Waals surface area contributed by atoms with Gasteiger partial charge >= 0.3 is 0 Å². The minimum Gasteiger partial charge on any atom is -0.497 e. The fourth-order valence-electron chi connectivity index (χ4n) is 2.53. The second kappa shape index (κ2) is 5.52. The van der Waals surface area contributed by atoms with Crippen molar-refractivity contribution in [1.82, 2.24) is 4.57 Å². The molecule has 0 fully saturated rings. The van der Waals surface area contributed by atoms with E-state index < -0.39 is 0 Å². The van der Waals surface area contributed by atoms with Gasteiger partial charge in [0, 0.05) is 18.0 Å². The smallest absolute Gasteiger partial charge is 0.128 e. The lowest BCUT2D eigenvalue weighted by Crippen LogP contribution is -2.01. The Morgan fingerprint density at radius 3 is 2.38 bits per heavy atom. The monoisotopic (exact) mass is 281 g/mol. The molecule has 3 aromatic rings. The Bertz CT molecular complexity index is 757. The Hall–Kier alpha value is -2.42. The fourth-order valence-corrected chi connectivity index (χ4v) is 2.53. The lowest BCUT2D eigenvalue weighted by atomic mass is 10.1. The minimum atomic E-state index is 0.553. The van der Waals surface area contributed by atoms with E-state index in [0.29, 0.717) is 6.61 Å². The molecule has 3 nitrogen and oxygen atoms in total. The number of aromatic nitrogens is 1. The molecule has 0 aliphatic heterocycles. The van der Waals surface area contributed by atoms with Crippen LogP contribution in [0.1, 0.15) is 11.3 Å². The maximum Gasteiger partial charge on any atom is 0.128 e. The van der Waals surface area contributed by atoms with Crippen molar-refractivity contribution < 1.29 is 9.47 Å². The van der Waals surface area contributed by atoms with E-state index in [4.69, 9.17) is 9.47 Å². The summed E-state index contributed by atoms with van der Waals surface area (Å²) in [6.07, 6.45) is 0. The average Bonchev–Trinajstić information content (AvgIpc) is 2.84. The van der Waals surface area contributed by atoms with Gasteiger partial charge in [0.05, 0.1) is 12.8 Å². The van der Waals surface area contributed by atoms with Crippen molar-refractivity contribution in [3.8, 4) is 11.5 Å². The summed E-state index contributed by atoms with van der Waals surface area (Å²) in [6, 6.07) is 16.2. The molecule has 0 radical (unpaired) electrons. The highest BCUT2D eigenvalue weighted by molar-refractivity contribution is 5.84. The minimum absolute atomic E-state index is 0.553. The predicted octanol–water partition coefficient (Wildman–Crippen LogP) is 4.07. The van der Waals surface area contributed by atoms with E-state index in [0.717, 1.165) is 17.2 Å². The van der Waals surface area contributed by atoms with Gasteiger partial charge in [-0.15, -0.1) is 0 Å². The van der Waals surface area contributed by atoms with Gasteiger partial charge in [0.25, 0.3) is 0 Å². The summed E-state index contributed by atoms with van der Waals surface area (Å²) in [5.41, 5.74) is 3.69. The molecule has 0 bridgehead atoms. The number of hydrogen-bond donors (Lipinski definition) is 0. The van der Waals surface area contributed by atoms with Crippen LogP contribution in [0.2, 0.25) is 0 Å². The molecule has 0 aliphatic rings. The Kier molecular flexibility index (Phi) is 3.57. The standard InChI is InChI=1S/C18H19NO2/c1-13-5-4-6-18-17(13)11-14(19(18)2)12-21-16-9-7-15(20-3)8-10-16/h4-11H,12H2,1-3H3. The van der Waals surface area contributed by atoms with Crippen LogP contribution in [0, 0.1) is 6.92 Å². The topological polar surface area (TPSA) is 23.4 Å². The molecule has 0 aliphatic carbocycles. The second-order valence-corrected chi connectivity index (χ2v) is 5.17. The Labute approximate surface area is 124 Å². The Morgan fingerprint density at radius 2 is 1.71 bits per heavy atom. The number of fused-ring (bicyclic) bond motifs is 1. The maximum absolute atomic E-state index is 5.87. The van der Waals surface area contributed by atoms with E-state index in [-0.39, 0.29) is 0 Å². The number of aryl methyl sites for hydroxylation is 2. The summed E-state index contributed by atoms with van der Waals surface area (Å²) in [5, 5.41) is 1.29. The number of ether oxygens (including phenoxy) is 2. The molecule has 0 saturated carbocycles. The van der Waals surface area contributed by atoms with Crippen LogP contribution in [-0.2, 0) is 13.7 Å². The van der Waals surface area contributed by atoms with Gasteiger partial charge in [-0.1, -0.05) is 12.1 Å². The van der Waals surface area contributed by atoms with Crippen LogP contribution >= 0.6 is 0 Å². The third kappa shape index (κ3) is 2.59. The van der Waals surface area contributed by atoms with Crippen LogP contribution in [0.25, 0.3) is 10.9 Å². The third-order valence-electron chi connectivity index (χ3n) is 3.85. The molecule has 0 spiro atoms. The van der Waals surface area contributed by atoms with Gasteiger partial charge in [-0.25, -0.2) is 0 Å². The fraction of sp³-hybridized carbons (Fsp3) is 0.222. The lowest BCUT2D eigenvalue weighted by molar-refractivity contribution is 0.297. The first kappa shape index (κ1) is 13.6. The van der Waals surface area contributed by atoms with Gasteiger partial charge in [-0.2, -0.15) is 0 Å². The molecule has 3 rings (SSSR count). The van der Waals surface area contributed by atoms with Crippen molar-refractivity contribution in [3.63, 3.8) is 0 Å². The molecule has 0 saturated heterocycles. The van der Waals surface area contributed by atoms with E-state index in [1.54, 1.807) is 7.11 Å². The number of nitrogens with zero attached hydrogens (tertiary/aromatic N) is 1. The van der Waals surface area contributed by atoms with Crippen LogP contribution in [0.3, 0.4) is 0 Å². The van der Waals surface area contributed by atoms with Crippen LogP contribution < -0.4 is 9.47 Å². The maximum atomic E-state index is 5.87. The van der Waals surface area contributed by atoms with E-state index in [1.165, 1.54) is 16.5 Å². The van der Waals surface area contributed by atoms with E-state index in [1.807, 2.05) is 24.3 Å². The molecular formula is C18H19NO2. The second-order valence-electron chi connectivity index (χ2n) is 5.17. The zero-order chi connectivity index (χ0) is 14.8. The highest BCUT2D eigenvalue weighted by atomic mass is 16.5. The first-order chi connectivity index (χ1) is 10.2. The van der Waals surface area contributed by atoms with Crippen molar-refractivity contribution >= 4 is 10.9 Å². The molecule has 1 heterocycles.